The largest absolute Gasteiger partial charge is 0.342 e. The van der Waals surface area contributed by atoms with E-state index in [4.69, 9.17) is 0 Å². The molecule has 5 nitrogen and oxygen atoms in total. The standard InChI is InChI=1S/C20H23N3O2/c1-14-6-7-15-11-23(12-16(15)10-14)19(24)8-9-22-13-21-18-5-3-2-4-17(18)20(22)25/h2-6,13,15-16H,7-12H2,1H3/t15-,16+/m0/s1. The van der Waals surface area contributed by atoms with E-state index in [-0.39, 0.29) is 11.5 Å². The number of allylic oxidation sites excluding steroid dienone is 2. The minimum atomic E-state index is -0.0756. The van der Waals surface area contributed by atoms with Gasteiger partial charge >= 0.3 is 0 Å². The molecule has 1 amide bonds. The lowest BCUT2D eigenvalue weighted by Gasteiger charge is -2.21. The number of para-hydroxylation sites is 1. The Labute approximate surface area is 147 Å². The molecule has 2 aromatic rings. The molecule has 4 rings (SSSR count). The summed E-state index contributed by atoms with van der Waals surface area (Å²) in [5.74, 6) is 1.36. The van der Waals surface area contributed by atoms with Gasteiger partial charge in [0.05, 0.1) is 17.2 Å². The van der Waals surface area contributed by atoms with Crippen molar-refractivity contribution in [2.24, 2.45) is 11.8 Å². The number of likely N-dealkylation sites (tertiary alicyclic amines) is 1. The fraction of sp³-hybridized carbons (Fsp3) is 0.450. The van der Waals surface area contributed by atoms with Gasteiger partial charge in [0.2, 0.25) is 5.91 Å². The zero-order valence-corrected chi connectivity index (χ0v) is 14.5. The highest BCUT2D eigenvalue weighted by molar-refractivity contribution is 5.77. The number of hydrogen-bond donors (Lipinski definition) is 0. The van der Waals surface area contributed by atoms with Crippen molar-refractivity contribution >= 4 is 16.8 Å². The monoisotopic (exact) mass is 337 g/mol. The molecule has 2 atom stereocenters. The van der Waals surface area contributed by atoms with Crippen LogP contribution in [0.5, 0.6) is 0 Å². The number of fused-ring (bicyclic) bond motifs is 2. The number of carbonyl (C=O) groups is 1. The average molecular weight is 337 g/mol. The van der Waals surface area contributed by atoms with E-state index in [1.54, 1.807) is 17.0 Å². The van der Waals surface area contributed by atoms with Crippen molar-refractivity contribution in [3.8, 4) is 0 Å². The van der Waals surface area contributed by atoms with Crippen molar-refractivity contribution in [2.75, 3.05) is 13.1 Å². The highest BCUT2D eigenvalue weighted by atomic mass is 16.2. The highest BCUT2D eigenvalue weighted by Crippen LogP contribution is 2.35. The Balaban J connectivity index is 1.41. The Morgan fingerprint density at radius 3 is 2.92 bits per heavy atom. The van der Waals surface area contributed by atoms with Gasteiger partial charge in [0.1, 0.15) is 0 Å². The van der Waals surface area contributed by atoms with Gasteiger partial charge in [-0.3, -0.25) is 14.2 Å². The third-order valence-electron chi connectivity index (χ3n) is 5.58. The first-order chi connectivity index (χ1) is 12.1. The van der Waals surface area contributed by atoms with E-state index in [9.17, 15) is 9.59 Å². The molecule has 2 aliphatic rings. The summed E-state index contributed by atoms with van der Waals surface area (Å²) in [4.78, 5) is 31.4. The summed E-state index contributed by atoms with van der Waals surface area (Å²) in [6.07, 6.45) is 6.42. The van der Waals surface area contributed by atoms with Gasteiger partial charge < -0.3 is 4.90 Å². The zero-order valence-electron chi connectivity index (χ0n) is 14.5. The topological polar surface area (TPSA) is 55.2 Å². The van der Waals surface area contributed by atoms with E-state index in [2.05, 4.69) is 18.0 Å². The van der Waals surface area contributed by atoms with Gasteiger partial charge in [-0.15, -0.1) is 0 Å². The number of hydrogen-bond acceptors (Lipinski definition) is 3. The quantitative estimate of drug-likeness (QED) is 0.809. The van der Waals surface area contributed by atoms with Crippen LogP contribution in [0.1, 0.15) is 26.2 Å². The minimum absolute atomic E-state index is 0.0756. The van der Waals surface area contributed by atoms with Gasteiger partial charge in [-0.2, -0.15) is 0 Å². The van der Waals surface area contributed by atoms with Crippen molar-refractivity contribution < 1.29 is 4.79 Å². The summed E-state index contributed by atoms with van der Waals surface area (Å²) in [6.45, 7) is 4.29. The second-order valence-electron chi connectivity index (χ2n) is 7.32. The van der Waals surface area contributed by atoms with Crippen LogP contribution in [0.4, 0.5) is 0 Å². The van der Waals surface area contributed by atoms with Crippen molar-refractivity contribution in [2.45, 2.75) is 32.7 Å². The van der Waals surface area contributed by atoms with E-state index in [0.717, 1.165) is 25.9 Å². The SMILES string of the molecule is CC1=CC[C@H]2CN(C(=O)CCn3cnc4ccccc4c3=O)C[C@H]2C1. The Morgan fingerprint density at radius 1 is 1.24 bits per heavy atom. The maximum Gasteiger partial charge on any atom is 0.261 e. The molecule has 0 radical (unpaired) electrons. The molecular weight excluding hydrogens is 314 g/mol. The van der Waals surface area contributed by atoms with Crippen molar-refractivity contribution in [3.63, 3.8) is 0 Å². The molecule has 130 valence electrons. The van der Waals surface area contributed by atoms with Crippen molar-refractivity contribution in [1.82, 2.24) is 14.5 Å². The smallest absolute Gasteiger partial charge is 0.261 e. The molecule has 1 fully saturated rings. The predicted octanol–water partition coefficient (Wildman–Crippen LogP) is 2.60. The molecule has 0 unspecified atom stereocenters. The molecule has 0 spiro atoms. The fourth-order valence-electron chi connectivity index (χ4n) is 4.13. The molecular formula is C20H23N3O2. The van der Waals surface area contributed by atoms with Gasteiger partial charge in [-0.1, -0.05) is 23.8 Å². The van der Waals surface area contributed by atoms with Gasteiger partial charge in [-0.25, -0.2) is 4.98 Å². The van der Waals surface area contributed by atoms with E-state index < -0.39 is 0 Å². The first-order valence-electron chi connectivity index (χ1n) is 8.99. The highest BCUT2D eigenvalue weighted by Gasteiger charge is 2.35. The van der Waals surface area contributed by atoms with E-state index in [1.165, 1.54) is 5.57 Å². The number of benzene rings is 1. The lowest BCUT2D eigenvalue weighted by molar-refractivity contribution is -0.130. The summed E-state index contributed by atoms with van der Waals surface area (Å²) in [6, 6.07) is 7.31. The average Bonchev–Trinajstić information content (AvgIpc) is 3.04. The molecule has 2 heterocycles. The normalized spacial score (nSPS) is 22.8. The van der Waals surface area contributed by atoms with E-state index in [1.807, 2.05) is 23.1 Å². The molecule has 25 heavy (non-hydrogen) atoms. The Bertz CT molecular complexity index is 899. The fourth-order valence-corrected chi connectivity index (χ4v) is 4.13. The first-order valence-corrected chi connectivity index (χ1v) is 8.99. The zero-order chi connectivity index (χ0) is 17.4. The third kappa shape index (κ3) is 3.11. The van der Waals surface area contributed by atoms with Crippen LogP contribution in [0, 0.1) is 11.8 Å². The molecule has 0 bridgehead atoms. The van der Waals surface area contributed by atoms with Gasteiger partial charge in [0.25, 0.3) is 5.56 Å². The molecule has 1 aromatic carbocycles. The van der Waals surface area contributed by atoms with Crippen LogP contribution in [0.15, 0.2) is 47.0 Å². The molecule has 1 saturated heterocycles. The molecule has 1 aliphatic heterocycles. The van der Waals surface area contributed by atoms with Crippen LogP contribution in [0.3, 0.4) is 0 Å². The van der Waals surface area contributed by atoms with E-state index >= 15 is 0 Å². The lowest BCUT2D eigenvalue weighted by Crippen LogP contribution is -2.31. The second kappa shape index (κ2) is 6.47. The predicted molar refractivity (Wildman–Crippen MR) is 97.2 cm³/mol. The Kier molecular flexibility index (Phi) is 4.15. The number of nitrogens with zero attached hydrogens (tertiary/aromatic N) is 3. The van der Waals surface area contributed by atoms with Crippen LogP contribution in [0.25, 0.3) is 10.9 Å². The number of carbonyl (C=O) groups excluding carboxylic acids is 1. The first kappa shape index (κ1) is 16.1. The molecule has 0 saturated carbocycles. The summed E-state index contributed by atoms with van der Waals surface area (Å²) >= 11 is 0. The van der Waals surface area contributed by atoms with Crippen LogP contribution < -0.4 is 5.56 Å². The molecule has 0 N–H and O–H groups in total. The van der Waals surface area contributed by atoms with Crippen molar-refractivity contribution in [1.29, 1.82) is 0 Å². The minimum Gasteiger partial charge on any atom is -0.342 e. The van der Waals surface area contributed by atoms with Crippen LogP contribution >= 0.6 is 0 Å². The lowest BCUT2D eigenvalue weighted by atomic mass is 9.83. The van der Waals surface area contributed by atoms with Crippen LogP contribution in [-0.2, 0) is 11.3 Å². The van der Waals surface area contributed by atoms with Crippen molar-refractivity contribution in [3.05, 3.63) is 52.6 Å². The summed E-state index contributed by atoms with van der Waals surface area (Å²) in [5, 5.41) is 0.603. The van der Waals surface area contributed by atoms with Gasteiger partial charge in [0.15, 0.2) is 0 Å². The maximum absolute atomic E-state index is 12.6. The molecule has 5 heteroatoms. The Hall–Kier alpha value is -2.43. The number of amides is 1. The maximum atomic E-state index is 12.6. The van der Waals surface area contributed by atoms with Crippen LogP contribution in [-0.4, -0.2) is 33.4 Å². The number of aromatic nitrogens is 2. The van der Waals surface area contributed by atoms with Gasteiger partial charge in [0, 0.05) is 26.1 Å². The Morgan fingerprint density at radius 2 is 2.04 bits per heavy atom. The third-order valence-corrected chi connectivity index (χ3v) is 5.58. The number of aryl methyl sites for hydroxylation is 1. The van der Waals surface area contributed by atoms with Gasteiger partial charge in [-0.05, 0) is 43.7 Å². The molecule has 1 aromatic heterocycles. The summed E-state index contributed by atoms with van der Waals surface area (Å²) in [7, 11) is 0. The number of rotatable bonds is 3. The summed E-state index contributed by atoms with van der Waals surface area (Å²) in [5.41, 5.74) is 2.07. The van der Waals surface area contributed by atoms with E-state index in [0.29, 0.717) is 35.7 Å². The molecule has 1 aliphatic carbocycles. The second-order valence-corrected chi connectivity index (χ2v) is 7.32. The van der Waals surface area contributed by atoms with Crippen LogP contribution in [0.2, 0.25) is 0 Å². The summed E-state index contributed by atoms with van der Waals surface area (Å²) < 4.78 is 1.55.